The van der Waals surface area contributed by atoms with E-state index in [0.717, 1.165) is 6.42 Å². The van der Waals surface area contributed by atoms with Gasteiger partial charge in [-0.15, -0.1) is 11.3 Å². The third-order valence-corrected chi connectivity index (χ3v) is 3.43. The second-order valence-corrected chi connectivity index (χ2v) is 5.57. The van der Waals surface area contributed by atoms with Gasteiger partial charge in [0.05, 0.1) is 5.41 Å². The summed E-state index contributed by atoms with van der Waals surface area (Å²) in [5, 5.41) is 8.93. The third kappa shape index (κ3) is 2.84. The normalized spacial score (nSPS) is 11.6. The fourth-order valence-electron chi connectivity index (χ4n) is 1.16. The van der Waals surface area contributed by atoms with Crippen molar-refractivity contribution < 1.29 is 9.90 Å². The van der Waals surface area contributed by atoms with E-state index in [1.807, 2.05) is 0 Å². The van der Waals surface area contributed by atoms with E-state index < -0.39 is 11.4 Å². The van der Waals surface area contributed by atoms with Crippen LogP contribution in [0.4, 0.5) is 0 Å². The molecule has 1 rings (SSSR count). The molecule has 1 aromatic heterocycles. The van der Waals surface area contributed by atoms with Crippen molar-refractivity contribution in [2.75, 3.05) is 0 Å². The van der Waals surface area contributed by atoms with Gasteiger partial charge in [-0.3, -0.25) is 4.79 Å². The number of rotatable bonds is 4. The average molecular weight is 212 g/mol. The molecule has 1 N–H and O–H groups in total. The van der Waals surface area contributed by atoms with Gasteiger partial charge in [-0.25, -0.2) is 0 Å². The first-order valence-corrected chi connectivity index (χ1v) is 5.52. The maximum atomic E-state index is 10.9. The van der Waals surface area contributed by atoms with Crippen molar-refractivity contribution in [1.82, 2.24) is 0 Å². The van der Waals surface area contributed by atoms with Gasteiger partial charge in [0.1, 0.15) is 0 Å². The van der Waals surface area contributed by atoms with Gasteiger partial charge < -0.3 is 5.11 Å². The van der Waals surface area contributed by atoms with E-state index in [1.54, 1.807) is 25.2 Å². The van der Waals surface area contributed by atoms with Gasteiger partial charge >= 0.3 is 5.97 Å². The van der Waals surface area contributed by atoms with Gasteiger partial charge in [-0.1, -0.05) is 0 Å². The average Bonchev–Trinajstić information content (AvgIpc) is 2.48. The first-order chi connectivity index (χ1) is 6.42. The van der Waals surface area contributed by atoms with Crippen LogP contribution in [0.2, 0.25) is 0 Å². The number of carboxylic acid groups (broad SMARTS) is 1. The zero-order valence-electron chi connectivity index (χ0n) is 8.83. The van der Waals surface area contributed by atoms with Gasteiger partial charge in [-0.2, -0.15) is 0 Å². The van der Waals surface area contributed by atoms with Gasteiger partial charge in [0, 0.05) is 9.75 Å². The molecule has 0 amide bonds. The van der Waals surface area contributed by atoms with Crippen LogP contribution in [-0.4, -0.2) is 11.1 Å². The highest BCUT2D eigenvalue weighted by atomic mass is 32.1. The Bertz CT molecular complexity index is 326. The van der Waals surface area contributed by atoms with Crippen molar-refractivity contribution in [3.63, 3.8) is 0 Å². The van der Waals surface area contributed by atoms with Crippen molar-refractivity contribution in [1.29, 1.82) is 0 Å². The number of hydrogen-bond acceptors (Lipinski definition) is 2. The van der Waals surface area contributed by atoms with Crippen LogP contribution in [0.3, 0.4) is 0 Å². The molecule has 0 aliphatic heterocycles. The molecule has 0 fully saturated rings. The molecule has 1 aromatic rings. The number of hydrogen-bond donors (Lipinski definition) is 1. The summed E-state index contributed by atoms with van der Waals surface area (Å²) in [7, 11) is 0. The highest BCUT2D eigenvalue weighted by Gasteiger charge is 2.26. The Labute approximate surface area is 88.6 Å². The highest BCUT2D eigenvalue weighted by Crippen LogP contribution is 2.25. The molecular weight excluding hydrogens is 196 g/mol. The minimum atomic E-state index is -0.717. The standard InChI is InChI=1S/C11H16O2S/c1-8-4-5-9(14-8)6-7-11(2,3)10(12)13/h4-5H,6-7H2,1-3H3,(H,12,13). The summed E-state index contributed by atoms with van der Waals surface area (Å²) >= 11 is 1.75. The Morgan fingerprint density at radius 3 is 2.57 bits per heavy atom. The van der Waals surface area contributed by atoms with Crippen LogP contribution < -0.4 is 0 Å². The molecule has 0 spiro atoms. The first-order valence-electron chi connectivity index (χ1n) is 4.70. The van der Waals surface area contributed by atoms with Crippen molar-refractivity contribution in [2.24, 2.45) is 5.41 Å². The van der Waals surface area contributed by atoms with E-state index in [4.69, 9.17) is 5.11 Å². The Morgan fingerprint density at radius 1 is 1.50 bits per heavy atom. The maximum Gasteiger partial charge on any atom is 0.309 e. The second kappa shape index (κ2) is 4.13. The summed E-state index contributed by atoms with van der Waals surface area (Å²) in [6.07, 6.45) is 1.56. The van der Waals surface area contributed by atoms with E-state index in [9.17, 15) is 4.79 Å². The zero-order chi connectivity index (χ0) is 10.8. The lowest BCUT2D eigenvalue weighted by atomic mass is 9.88. The largest absolute Gasteiger partial charge is 0.481 e. The molecule has 0 radical (unpaired) electrons. The molecule has 2 nitrogen and oxygen atoms in total. The maximum absolute atomic E-state index is 10.9. The quantitative estimate of drug-likeness (QED) is 0.832. The summed E-state index contributed by atoms with van der Waals surface area (Å²) < 4.78 is 0. The summed E-state index contributed by atoms with van der Waals surface area (Å²) in [6, 6.07) is 4.16. The molecule has 0 atom stereocenters. The molecule has 3 heteroatoms. The van der Waals surface area contributed by atoms with Crippen molar-refractivity contribution in [3.8, 4) is 0 Å². The number of aliphatic carboxylic acids is 1. The molecule has 78 valence electrons. The van der Waals surface area contributed by atoms with Crippen LogP contribution in [0.1, 0.15) is 30.0 Å². The van der Waals surface area contributed by atoms with Crippen LogP contribution in [0, 0.1) is 12.3 Å². The van der Waals surface area contributed by atoms with Crippen LogP contribution in [-0.2, 0) is 11.2 Å². The first kappa shape index (κ1) is 11.2. The summed E-state index contributed by atoms with van der Waals surface area (Å²) in [5.41, 5.74) is -0.613. The molecule has 1 heterocycles. The molecule has 0 aliphatic rings. The SMILES string of the molecule is Cc1ccc(CCC(C)(C)C(=O)O)s1. The summed E-state index contributed by atoms with van der Waals surface area (Å²) in [4.78, 5) is 13.4. The minimum Gasteiger partial charge on any atom is -0.481 e. The number of thiophene rings is 1. The minimum absolute atomic E-state index is 0.613. The monoisotopic (exact) mass is 212 g/mol. The second-order valence-electron chi connectivity index (χ2n) is 4.20. The van der Waals surface area contributed by atoms with Crippen molar-refractivity contribution in [2.45, 2.75) is 33.6 Å². The summed E-state index contributed by atoms with van der Waals surface area (Å²) in [6.45, 7) is 5.61. The van der Waals surface area contributed by atoms with Crippen molar-refractivity contribution in [3.05, 3.63) is 21.9 Å². The van der Waals surface area contributed by atoms with E-state index in [2.05, 4.69) is 19.1 Å². The smallest absolute Gasteiger partial charge is 0.309 e. The summed E-state index contributed by atoms with van der Waals surface area (Å²) in [5.74, 6) is -0.717. The zero-order valence-corrected chi connectivity index (χ0v) is 9.65. The van der Waals surface area contributed by atoms with E-state index >= 15 is 0 Å². The van der Waals surface area contributed by atoms with Crippen molar-refractivity contribution >= 4 is 17.3 Å². The number of carboxylic acids is 1. The van der Waals surface area contributed by atoms with Gasteiger partial charge in [-0.05, 0) is 45.7 Å². The van der Waals surface area contributed by atoms with Crippen LogP contribution in [0.25, 0.3) is 0 Å². The van der Waals surface area contributed by atoms with Crippen LogP contribution in [0.15, 0.2) is 12.1 Å². The molecule has 0 aliphatic carbocycles. The Kier molecular flexibility index (Phi) is 3.32. The van der Waals surface area contributed by atoms with Gasteiger partial charge in [0.15, 0.2) is 0 Å². The fourth-order valence-corrected chi connectivity index (χ4v) is 2.05. The molecule has 0 saturated heterocycles. The van der Waals surface area contributed by atoms with E-state index in [1.165, 1.54) is 9.75 Å². The molecule has 0 aromatic carbocycles. The molecular formula is C11H16O2S. The van der Waals surface area contributed by atoms with E-state index in [0.29, 0.717) is 6.42 Å². The number of carbonyl (C=O) groups is 1. The molecule has 0 bridgehead atoms. The van der Waals surface area contributed by atoms with Gasteiger partial charge in [0.25, 0.3) is 0 Å². The predicted octanol–water partition coefficient (Wildman–Crippen LogP) is 3.10. The van der Waals surface area contributed by atoms with Gasteiger partial charge in [0.2, 0.25) is 0 Å². The van der Waals surface area contributed by atoms with Crippen LogP contribution in [0.5, 0.6) is 0 Å². The predicted molar refractivity (Wildman–Crippen MR) is 58.8 cm³/mol. The Morgan fingerprint density at radius 2 is 2.14 bits per heavy atom. The molecule has 14 heavy (non-hydrogen) atoms. The molecule has 0 unspecified atom stereocenters. The highest BCUT2D eigenvalue weighted by molar-refractivity contribution is 7.11. The van der Waals surface area contributed by atoms with E-state index in [-0.39, 0.29) is 0 Å². The topological polar surface area (TPSA) is 37.3 Å². The fraction of sp³-hybridized carbons (Fsp3) is 0.545. The lowest BCUT2D eigenvalue weighted by Gasteiger charge is -2.17. The third-order valence-electron chi connectivity index (χ3n) is 2.37. The molecule has 0 saturated carbocycles. The Hall–Kier alpha value is -0.830. The number of aryl methyl sites for hydroxylation is 2. The van der Waals surface area contributed by atoms with Crippen LogP contribution >= 0.6 is 11.3 Å². The lowest BCUT2D eigenvalue weighted by Crippen LogP contribution is -2.23. The lowest BCUT2D eigenvalue weighted by molar-refractivity contribution is -0.147. The Balaban J connectivity index is 2.52.